The van der Waals surface area contributed by atoms with Gasteiger partial charge in [-0.25, -0.2) is 9.18 Å². The molecule has 0 atom stereocenters. The van der Waals surface area contributed by atoms with Gasteiger partial charge in [0.05, 0.1) is 30.5 Å². The van der Waals surface area contributed by atoms with Gasteiger partial charge in [0.25, 0.3) is 11.5 Å². The highest BCUT2D eigenvalue weighted by molar-refractivity contribution is 6.07. The van der Waals surface area contributed by atoms with Crippen LogP contribution >= 0.6 is 0 Å². The molecule has 2 aromatic carbocycles. The monoisotopic (exact) mass is 380 g/mol. The lowest BCUT2D eigenvalue weighted by molar-refractivity contribution is 0.0602. The van der Waals surface area contributed by atoms with Crippen LogP contribution in [-0.4, -0.2) is 23.6 Å². The number of carbonyl (C=O) groups excluding carboxylic acids is 2. The molecule has 3 aromatic rings. The zero-order valence-electron chi connectivity index (χ0n) is 15.0. The van der Waals surface area contributed by atoms with Crippen molar-refractivity contribution in [2.24, 2.45) is 0 Å². The molecule has 0 aliphatic rings. The first kappa shape index (κ1) is 19.0. The molecule has 0 spiro atoms. The van der Waals surface area contributed by atoms with Crippen LogP contribution in [0.15, 0.2) is 71.7 Å². The molecular weight excluding hydrogens is 363 g/mol. The van der Waals surface area contributed by atoms with E-state index in [0.717, 1.165) is 0 Å². The van der Waals surface area contributed by atoms with E-state index in [-0.39, 0.29) is 28.9 Å². The number of ether oxygens (including phenoxy) is 1. The summed E-state index contributed by atoms with van der Waals surface area (Å²) in [6, 6.07) is 15.1. The van der Waals surface area contributed by atoms with E-state index in [4.69, 9.17) is 4.74 Å². The summed E-state index contributed by atoms with van der Waals surface area (Å²) in [7, 11) is 1.25. The molecule has 0 saturated carbocycles. The molecule has 0 bridgehead atoms. The predicted octanol–water partition coefficient (Wildman–Crippen LogP) is 3.07. The van der Waals surface area contributed by atoms with E-state index in [1.807, 2.05) is 0 Å². The fourth-order valence-corrected chi connectivity index (χ4v) is 2.67. The summed E-state index contributed by atoms with van der Waals surface area (Å²) in [6.45, 7) is -0.00856. The van der Waals surface area contributed by atoms with Gasteiger partial charge in [0, 0.05) is 17.8 Å². The molecule has 1 heterocycles. The molecule has 0 radical (unpaired) electrons. The van der Waals surface area contributed by atoms with Gasteiger partial charge in [0.1, 0.15) is 5.82 Å². The molecule has 0 aliphatic heterocycles. The van der Waals surface area contributed by atoms with Gasteiger partial charge in [0.2, 0.25) is 0 Å². The molecule has 142 valence electrons. The molecule has 3 rings (SSSR count). The number of amides is 1. The summed E-state index contributed by atoms with van der Waals surface area (Å²) < 4.78 is 19.8. The van der Waals surface area contributed by atoms with Crippen LogP contribution < -0.4 is 10.9 Å². The minimum absolute atomic E-state index is 0.00856. The Hall–Kier alpha value is -3.74. The number of nitrogens with zero attached hydrogens (tertiary/aromatic N) is 1. The highest BCUT2D eigenvalue weighted by Crippen LogP contribution is 2.17. The number of benzene rings is 2. The minimum atomic E-state index is -0.583. The summed E-state index contributed by atoms with van der Waals surface area (Å²) >= 11 is 0. The van der Waals surface area contributed by atoms with Crippen molar-refractivity contribution in [1.82, 2.24) is 4.57 Å². The Labute approximate surface area is 160 Å². The van der Waals surface area contributed by atoms with Crippen molar-refractivity contribution in [3.05, 3.63) is 99.7 Å². The number of halogens is 1. The van der Waals surface area contributed by atoms with Gasteiger partial charge in [-0.3, -0.25) is 9.59 Å². The van der Waals surface area contributed by atoms with Crippen LogP contribution in [0.3, 0.4) is 0 Å². The standard InChI is InChI=1S/C21H17FN2O4/c1-28-21(27)16-7-3-5-9-18(16)23-20(26)15-10-11-19(25)24(13-15)12-14-6-2-4-8-17(14)22/h2-11,13H,12H2,1H3,(H,23,26). The van der Waals surface area contributed by atoms with E-state index >= 15 is 0 Å². The first-order chi connectivity index (χ1) is 13.5. The van der Waals surface area contributed by atoms with E-state index in [0.29, 0.717) is 5.56 Å². The summed E-state index contributed by atoms with van der Waals surface area (Å²) in [4.78, 5) is 36.5. The summed E-state index contributed by atoms with van der Waals surface area (Å²) in [5, 5.41) is 2.63. The van der Waals surface area contributed by atoms with Crippen LogP contribution in [0.1, 0.15) is 26.3 Å². The smallest absolute Gasteiger partial charge is 0.339 e. The van der Waals surface area contributed by atoms with E-state index < -0.39 is 17.7 Å². The van der Waals surface area contributed by atoms with Gasteiger partial charge in [-0.1, -0.05) is 30.3 Å². The van der Waals surface area contributed by atoms with Crippen LogP contribution in [0.2, 0.25) is 0 Å². The summed E-state index contributed by atoms with van der Waals surface area (Å²) in [5.41, 5.74) is 0.646. The van der Waals surface area contributed by atoms with Gasteiger partial charge < -0.3 is 14.6 Å². The van der Waals surface area contributed by atoms with Crippen molar-refractivity contribution < 1.29 is 18.7 Å². The first-order valence-corrected chi connectivity index (χ1v) is 8.42. The molecule has 0 aliphatic carbocycles. The molecule has 28 heavy (non-hydrogen) atoms. The SMILES string of the molecule is COC(=O)c1ccccc1NC(=O)c1ccc(=O)n(Cc2ccccc2F)c1. The lowest BCUT2D eigenvalue weighted by Crippen LogP contribution is -2.23. The average Bonchev–Trinajstić information content (AvgIpc) is 2.71. The second-order valence-corrected chi connectivity index (χ2v) is 5.97. The number of rotatable bonds is 5. The zero-order chi connectivity index (χ0) is 20.1. The third kappa shape index (κ3) is 4.15. The molecule has 0 fully saturated rings. The number of methoxy groups -OCH3 is 1. The van der Waals surface area contributed by atoms with Crippen LogP contribution in [0.5, 0.6) is 0 Å². The van der Waals surface area contributed by atoms with E-state index in [1.165, 1.54) is 42.1 Å². The van der Waals surface area contributed by atoms with Gasteiger partial charge in [-0.15, -0.1) is 0 Å². The number of nitrogens with one attached hydrogen (secondary N) is 1. The van der Waals surface area contributed by atoms with Crippen molar-refractivity contribution in [2.75, 3.05) is 12.4 Å². The van der Waals surface area contributed by atoms with Gasteiger partial charge in [-0.05, 0) is 24.3 Å². The third-order valence-electron chi connectivity index (χ3n) is 4.12. The number of anilines is 1. The summed E-state index contributed by atoms with van der Waals surface area (Å²) in [6.07, 6.45) is 1.35. The number of esters is 1. The third-order valence-corrected chi connectivity index (χ3v) is 4.12. The molecule has 1 amide bonds. The highest BCUT2D eigenvalue weighted by atomic mass is 19.1. The lowest BCUT2D eigenvalue weighted by atomic mass is 10.1. The van der Waals surface area contributed by atoms with Crippen molar-refractivity contribution in [3.8, 4) is 0 Å². The summed E-state index contributed by atoms with van der Waals surface area (Å²) in [5.74, 6) is -1.53. The Balaban J connectivity index is 1.87. The van der Waals surface area contributed by atoms with E-state index in [2.05, 4.69) is 5.32 Å². The number of pyridine rings is 1. The maximum Gasteiger partial charge on any atom is 0.339 e. The zero-order valence-corrected chi connectivity index (χ0v) is 15.0. The van der Waals surface area contributed by atoms with Gasteiger partial charge >= 0.3 is 5.97 Å². The quantitative estimate of drug-likeness (QED) is 0.690. The number of carbonyl (C=O) groups is 2. The maximum absolute atomic E-state index is 13.9. The Morgan fingerprint density at radius 2 is 1.75 bits per heavy atom. The number of para-hydroxylation sites is 1. The number of hydrogen-bond acceptors (Lipinski definition) is 4. The molecule has 0 unspecified atom stereocenters. The van der Waals surface area contributed by atoms with Crippen LogP contribution in [0.4, 0.5) is 10.1 Å². The highest BCUT2D eigenvalue weighted by Gasteiger charge is 2.15. The molecule has 7 heteroatoms. The Bertz CT molecular complexity index is 1090. The van der Waals surface area contributed by atoms with Gasteiger partial charge in [0.15, 0.2) is 0 Å². The maximum atomic E-state index is 13.9. The van der Waals surface area contributed by atoms with E-state index in [9.17, 15) is 18.8 Å². The molecular formula is C21H17FN2O4. The van der Waals surface area contributed by atoms with Gasteiger partial charge in [-0.2, -0.15) is 0 Å². The molecule has 1 aromatic heterocycles. The minimum Gasteiger partial charge on any atom is -0.465 e. The number of hydrogen-bond donors (Lipinski definition) is 1. The van der Waals surface area contributed by atoms with Crippen LogP contribution in [0.25, 0.3) is 0 Å². The first-order valence-electron chi connectivity index (χ1n) is 8.42. The predicted molar refractivity (Wildman–Crippen MR) is 102 cm³/mol. The normalized spacial score (nSPS) is 10.4. The molecule has 6 nitrogen and oxygen atoms in total. The second-order valence-electron chi connectivity index (χ2n) is 5.97. The van der Waals surface area contributed by atoms with E-state index in [1.54, 1.807) is 36.4 Å². The fraction of sp³-hybridized carbons (Fsp3) is 0.0952. The fourth-order valence-electron chi connectivity index (χ4n) is 2.67. The van der Waals surface area contributed by atoms with Crippen molar-refractivity contribution >= 4 is 17.6 Å². The largest absolute Gasteiger partial charge is 0.465 e. The Morgan fingerprint density at radius 3 is 2.50 bits per heavy atom. The van der Waals surface area contributed by atoms with Crippen molar-refractivity contribution in [2.45, 2.75) is 6.54 Å². The average molecular weight is 380 g/mol. The topological polar surface area (TPSA) is 77.4 Å². The number of aromatic nitrogens is 1. The van der Waals surface area contributed by atoms with Crippen molar-refractivity contribution in [3.63, 3.8) is 0 Å². The molecule has 0 saturated heterocycles. The van der Waals surface area contributed by atoms with Crippen LogP contribution in [-0.2, 0) is 11.3 Å². The second kappa shape index (κ2) is 8.30. The molecule has 1 N–H and O–H groups in total. The lowest BCUT2D eigenvalue weighted by Gasteiger charge is -2.11. The Morgan fingerprint density at radius 1 is 1.04 bits per heavy atom. The van der Waals surface area contributed by atoms with Crippen molar-refractivity contribution in [1.29, 1.82) is 0 Å². The van der Waals surface area contributed by atoms with Crippen LogP contribution in [0, 0.1) is 5.82 Å². The Kier molecular flexibility index (Phi) is 5.64.